The summed E-state index contributed by atoms with van der Waals surface area (Å²) in [6.07, 6.45) is 6.16. The van der Waals surface area contributed by atoms with Gasteiger partial charge in [0.05, 0.1) is 12.1 Å². The number of likely N-dealkylation sites (tertiary alicyclic amines) is 1. The van der Waals surface area contributed by atoms with E-state index in [1.807, 2.05) is 18.2 Å². The van der Waals surface area contributed by atoms with Crippen molar-refractivity contribution in [1.82, 2.24) is 20.9 Å². The molecule has 3 aliphatic heterocycles. The summed E-state index contributed by atoms with van der Waals surface area (Å²) < 4.78 is 0. The molecule has 2 saturated heterocycles. The van der Waals surface area contributed by atoms with Crippen LogP contribution in [0.15, 0.2) is 40.3 Å². The van der Waals surface area contributed by atoms with Gasteiger partial charge >= 0.3 is 0 Å². The van der Waals surface area contributed by atoms with Crippen LogP contribution in [0.4, 0.5) is 0 Å². The number of imide groups is 1. The standard InChI is InChI=1S/C25H32N6O4/c1-16(12-17-6-3-2-4-7-17)31-11-5-8-21(31)25(35)30-24(34)20(13-18-14-26-15-27-18)29-23(33)19-9-10-22(32)28-19/h2-4,6-7,14-16,18-21H,5,8-13H2,1H3,(H,28,32)(H,29,33)(H,30,34,35)/t16?,18?,19-,20-,21-/m0/s1. The molecular formula is C25H32N6O4. The predicted octanol–water partition coefficient (Wildman–Crippen LogP) is 0.360. The zero-order chi connectivity index (χ0) is 24.8. The molecule has 0 aliphatic carbocycles. The maximum absolute atomic E-state index is 13.2. The van der Waals surface area contributed by atoms with Crippen molar-refractivity contribution in [3.05, 3.63) is 35.9 Å². The second-order valence-electron chi connectivity index (χ2n) is 9.37. The summed E-state index contributed by atoms with van der Waals surface area (Å²) in [6.45, 7) is 2.88. The highest BCUT2D eigenvalue weighted by atomic mass is 16.2. The highest BCUT2D eigenvalue weighted by Crippen LogP contribution is 2.22. The lowest BCUT2D eigenvalue weighted by Crippen LogP contribution is -2.56. The molecule has 35 heavy (non-hydrogen) atoms. The van der Waals surface area contributed by atoms with E-state index in [0.717, 1.165) is 19.4 Å². The molecule has 0 radical (unpaired) electrons. The molecule has 0 spiro atoms. The van der Waals surface area contributed by atoms with Crippen molar-refractivity contribution in [2.24, 2.45) is 9.98 Å². The number of carbonyl (C=O) groups is 4. The molecule has 4 rings (SSSR count). The van der Waals surface area contributed by atoms with Crippen molar-refractivity contribution in [2.45, 2.75) is 75.7 Å². The minimum atomic E-state index is -0.979. The maximum atomic E-state index is 13.2. The van der Waals surface area contributed by atoms with E-state index < -0.39 is 29.9 Å². The fourth-order valence-corrected chi connectivity index (χ4v) is 4.94. The molecule has 0 bridgehead atoms. The number of rotatable bonds is 9. The quantitative estimate of drug-likeness (QED) is 0.470. The van der Waals surface area contributed by atoms with E-state index in [2.05, 4.69) is 49.9 Å². The third kappa shape index (κ3) is 6.39. The van der Waals surface area contributed by atoms with E-state index in [-0.39, 0.29) is 36.7 Å². The third-order valence-corrected chi connectivity index (χ3v) is 6.79. The molecule has 3 aliphatic rings. The second kappa shape index (κ2) is 11.4. The Balaban J connectivity index is 1.38. The van der Waals surface area contributed by atoms with Gasteiger partial charge in [-0.2, -0.15) is 0 Å². The van der Waals surface area contributed by atoms with Crippen molar-refractivity contribution in [2.75, 3.05) is 6.54 Å². The summed E-state index contributed by atoms with van der Waals surface area (Å²) in [4.78, 5) is 60.7. The number of amides is 4. The lowest BCUT2D eigenvalue weighted by Gasteiger charge is -2.30. The first-order valence-electron chi connectivity index (χ1n) is 12.2. The van der Waals surface area contributed by atoms with Crippen LogP contribution in [0.5, 0.6) is 0 Å². The first-order chi connectivity index (χ1) is 16.9. The number of nitrogens with zero attached hydrogens (tertiary/aromatic N) is 3. The predicted molar refractivity (Wildman–Crippen MR) is 131 cm³/mol. The van der Waals surface area contributed by atoms with Gasteiger partial charge in [-0.3, -0.25) is 34.4 Å². The molecule has 5 atom stereocenters. The lowest BCUT2D eigenvalue weighted by atomic mass is 10.0. The average Bonchev–Trinajstić information content (AvgIpc) is 3.61. The summed E-state index contributed by atoms with van der Waals surface area (Å²) in [5, 5.41) is 7.84. The molecule has 2 fully saturated rings. The number of aliphatic imine (C=N–C) groups is 2. The molecule has 0 aromatic heterocycles. The summed E-state index contributed by atoms with van der Waals surface area (Å²) in [6, 6.07) is 7.81. The van der Waals surface area contributed by atoms with Crippen LogP contribution >= 0.6 is 0 Å². The van der Waals surface area contributed by atoms with E-state index in [1.165, 1.54) is 11.9 Å². The van der Waals surface area contributed by atoms with Gasteiger partial charge in [0.25, 0.3) is 0 Å². The van der Waals surface area contributed by atoms with Gasteiger partial charge in [-0.1, -0.05) is 30.3 Å². The van der Waals surface area contributed by atoms with Crippen molar-refractivity contribution >= 4 is 36.2 Å². The molecule has 186 valence electrons. The number of hydrogen-bond donors (Lipinski definition) is 3. The SMILES string of the molecule is CC(Cc1ccccc1)N1CCC[C@H]1C(=O)NC(=O)[C@H](CC1C=NC=N1)NC(=O)[C@@H]1CCC(=O)N1. The van der Waals surface area contributed by atoms with Gasteiger partial charge in [0.1, 0.15) is 18.4 Å². The van der Waals surface area contributed by atoms with Gasteiger partial charge in [0.2, 0.25) is 23.6 Å². The fraction of sp³-hybridized carbons (Fsp3) is 0.520. The Morgan fingerprint density at radius 3 is 2.66 bits per heavy atom. The highest BCUT2D eigenvalue weighted by Gasteiger charge is 2.37. The Labute approximate surface area is 204 Å². The number of hydrogen-bond acceptors (Lipinski definition) is 7. The Hall–Kier alpha value is -3.40. The normalized spacial score (nSPS) is 25.3. The van der Waals surface area contributed by atoms with Gasteiger partial charge in [-0.25, -0.2) is 4.99 Å². The van der Waals surface area contributed by atoms with Crippen LogP contribution < -0.4 is 16.0 Å². The minimum absolute atomic E-state index is 0.135. The number of carbonyl (C=O) groups excluding carboxylic acids is 4. The highest BCUT2D eigenvalue weighted by molar-refractivity contribution is 6.02. The third-order valence-electron chi connectivity index (χ3n) is 6.79. The van der Waals surface area contributed by atoms with Crippen LogP contribution in [0.2, 0.25) is 0 Å². The van der Waals surface area contributed by atoms with E-state index in [1.54, 1.807) is 6.21 Å². The molecule has 0 saturated carbocycles. The van der Waals surface area contributed by atoms with E-state index in [9.17, 15) is 19.2 Å². The molecule has 2 unspecified atom stereocenters. The maximum Gasteiger partial charge on any atom is 0.249 e. The van der Waals surface area contributed by atoms with Crippen molar-refractivity contribution in [3.8, 4) is 0 Å². The van der Waals surface area contributed by atoms with E-state index >= 15 is 0 Å². The molecule has 1 aromatic carbocycles. The average molecular weight is 481 g/mol. The topological polar surface area (TPSA) is 132 Å². The number of benzene rings is 1. The summed E-state index contributed by atoms with van der Waals surface area (Å²) in [5.74, 6) is -1.57. The van der Waals surface area contributed by atoms with Crippen LogP contribution in [0.25, 0.3) is 0 Å². The molecule has 3 N–H and O–H groups in total. The summed E-state index contributed by atoms with van der Waals surface area (Å²) >= 11 is 0. The minimum Gasteiger partial charge on any atom is -0.344 e. The fourth-order valence-electron chi connectivity index (χ4n) is 4.94. The van der Waals surface area contributed by atoms with Crippen LogP contribution in [-0.4, -0.2) is 77.8 Å². The Morgan fingerprint density at radius 1 is 1.17 bits per heavy atom. The van der Waals surface area contributed by atoms with Gasteiger partial charge in [-0.05, 0) is 44.7 Å². The molecule has 4 amide bonds. The van der Waals surface area contributed by atoms with Crippen molar-refractivity contribution in [1.29, 1.82) is 0 Å². The first kappa shape index (κ1) is 24.7. The monoisotopic (exact) mass is 480 g/mol. The summed E-state index contributed by atoms with van der Waals surface area (Å²) in [7, 11) is 0. The summed E-state index contributed by atoms with van der Waals surface area (Å²) in [5.41, 5.74) is 1.20. The number of nitrogens with one attached hydrogen (secondary N) is 3. The Morgan fingerprint density at radius 2 is 1.97 bits per heavy atom. The molecule has 10 heteroatoms. The van der Waals surface area contributed by atoms with Crippen LogP contribution in [0.1, 0.15) is 44.6 Å². The first-order valence-corrected chi connectivity index (χ1v) is 12.2. The lowest BCUT2D eigenvalue weighted by molar-refractivity contribution is -0.136. The Bertz CT molecular complexity index is 998. The Kier molecular flexibility index (Phi) is 8.02. The van der Waals surface area contributed by atoms with Gasteiger partial charge in [-0.15, -0.1) is 0 Å². The van der Waals surface area contributed by atoms with Gasteiger partial charge in [0, 0.05) is 25.1 Å². The zero-order valence-corrected chi connectivity index (χ0v) is 19.9. The second-order valence-corrected chi connectivity index (χ2v) is 9.37. The van der Waals surface area contributed by atoms with Crippen molar-refractivity contribution in [3.63, 3.8) is 0 Å². The van der Waals surface area contributed by atoms with E-state index in [4.69, 9.17) is 0 Å². The zero-order valence-electron chi connectivity index (χ0n) is 19.9. The van der Waals surface area contributed by atoms with Crippen LogP contribution in [0, 0.1) is 0 Å². The molecule has 1 aromatic rings. The largest absolute Gasteiger partial charge is 0.344 e. The molecular weight excluding hydrogens is 448 g/mol. The van der Waals surface area contributed by atoms with Gasteiger partial charge in [0.15, 0.2) is 0 Å². The van der Waals surface area contributed by atoms with Crippen molar-refractivity contribution < 1.29 is 19.2 Å². The molecule has 3 heterocycles. The van der Waals surface area contributed by atoms with Gasteiger partial charge < -0.3 is 10.6 Å². The van der Waals surface area contributed by atoms with Crippen LogP contribution in [-0.2, 0) is 25.6 Å². The smallest absolute Gasteiger partial charge is 0.249 e. The molecule has 10 nitrogen and oxygen atoms in total. The van der Waals surface area contributed by atoms with Crippen LogP contribution in [0.3, 0.4) is 0 Å². The van der Waals surface area contributed by atoms with E-state index in [0.29, 0.717) is 12.8 Å².